The molecule has 112 valence electrons. The molecular weight excluding hydrogens is 339 g/mol. The zero-order valence-electron chi connectivity index (χ0n) is 8.86. The molecule has 0 radical (unpaired) electrons. The largest absolute Gasteiger partial charge is 0.424 e. The van der Waals surface area contributed by atoms with Crippen molar-refractivity contribution in [1.82, 2.24) is 4.98 Å². The topological polar surface area (TPSA) is 90.2 Å². The van der Waals surface area contributed by atoms with Crippen LogP contribution >= 0.6 is 10.7 Å². The van der Waals surface area contributed by atoms with Gasteiger partial charge in [-0.05, 0) is 0 Å². The van der Waals surface area contributed by atoms with Crippen LogP contribution in [0.4, 0.5) is 27.6 Å². The monoisotopic (exact) mass is 340 g/mol. The van der Waals surface area contributed by atoms with Crippen LogP contribution in [-0.2, 0) is 15.2 Å². The van der Waals surface area contributed by atoms with Crippen molar-refractivity contribution in [2.24, 2.45) is 0 Å². The van der Waals surface area contributed by atoms with Crippen molar-refractivity contribution in [2.75, 3.05) is 0 Å². The number of alkyl halides is 5. The molecule has 13 heteroatoms. The fourth-order valence-electron chi connectivity index (χ4n) is 1.28. The molecule has 0 aliphatic carbocycles. The first-order valence-electron chi connectivity index (χ1n) is 4.34. The summed E-state index contributed by atoms with van der Waals surface area (Å²) in [7, 11) is -0.543. The molecule has 1 heterocycles. The average Bonchev–Trinajstić information content (AvgIpc) is 2.24. The fraction of sp³-hybridized carbons (Fsp3) is 0.286. The molecule has 1 aromatic heterocycles. The molecule has 0 saturated carbocycles. The van der Waals surface area contributed by atoms with Gasteiger partial charge in [0.1, 0.15) is 5.69 Å². The molecule has 0 saturated heterocycles. The Labute approximate surface area is 111 Å². The SMILES string of the molecule is O=[N+]([O-])c1c(C(F)(F)F)cnc(C(F)F)c1S(=O)(=O)Cl. The molecule has 1 aromatic rings. The lowest BCUT2D eigenvalue weighted by Crippen LogP contribution is -2.15. The smallest absolute Gasteiger partial charge is 0.258 e. The number of nitro groups is 1. The maximum absolute atomic E-state index is 12.5. The fourth-order valence-corrected chi connectivity index (χ4v) is 2.55. The van der Waals surface area contributed by atoms with E-state index in [9.17, 15) is 40.5 Å². The van der Waals surface area contributed by atoms with Gasteiger partial charge in [-0.25, -0.2) is 17.2 Å². The van der Waals surface area contributed by atoms with E-state index in [2.05, 4.69) is 4.98 Å². The van der Waals surface area contributed by atoms with Crippen LogP contribution in [0.1, 0.15) is 17.7 Å². The molecule has 0 spiro atoms. The third-order valence-electron chi connectivity index (χ3n) is 1.97. The van der Waals surface area contributed by atoms with E-state index in [0.29, 0.717) is 0 Å². The normalized spacial score (nSPS) is 12.8. The van der Waals surface area contributed by atoms with Crippen molar-refractivity contribution >= 4 is 25.4 Å². The van der Waals surface area contributed by atoms with Gasteiger partial charge in [0, 0.05) is 16.9 Å². The van der Waals surface area contributed by atoms with E-state index in [1.165, 1.54) is 0 Å². The molecule has 0 aliphatic rings. The van der Waals surface area contributed by atoms with Crippen molar-refractivity contribution in [1.29, 1.82) is 0 Å². The lowest BCUT2D eigenvalue weighted by molar-refractivity contribution is -0.391. The van der Waals surface area contributed by atoms with Gasteiger partial charge in [0.25, 0.3) is 15.5 Å². The van der Waals surface area contributed by atoms with Crippen LogP contribution in [0.5, 0.6) is 0 Å². The maximum atomic E-state index is 12.5. The maximum Gasteiger partial charge on any atom is 0.424 e. The summed E-state index contributed by atoms with van der Waals surface area (Å²) in [6.07, 6.45) is -9.28. The number of nitrogens with zero attached hydrogens (tertiary/aromatic N) is 2. The summed E-state index contributed by atoms with van der Waals surface area (Å²) in [5.41, 5.74) is -5.90. The molecule has 0 bridgehead atoms. The van der Waals surface area contributed by atoms with E-state index in [0.717, 1.165) is 0 Å². The molecule has 0 amide bonds. The number of halogens is 6. The first kappa shape index (κ1) is 16.5. The van der Waals surface area contributed by atoms with Gasteiger partial charge < -0.3 is 0 Å². The number of hydrogen-bond acceptors (Lipinski definition) is 5. The Bertz CT molecular complexity index is 660. The molecule has 20 heavy (non-hydrogen) atoms. The molecule has 0 atom stereocenters. The molecular formula is C7H2ClF5N2O4S. The highest BCUT2D eigenvalue weighted by Crippen LogP contribution is 2.42. The Morgan fingerprint density at radius 3 is 2.15 bits per heavy atom. The molecule has 0 aromatic carbocycles. The molecule has 0 N–H and O–H groups in total. The molecule has 0 unspecified atom stereocenters. The Morgan fingerprint density at radius 2 is 1.85 bits per heavy atom. The van der Waals surface area contributed by atoms with Crippen molar-refractivity contribution in [3.05, 3.63) is 27.6 Å². The molecule has 6 nitrogen and oxygen atoms in total. The van der Waals surface area contributed by atoms with Crippen LogP contribution in [0.2, 0.25) is 0 Å². The Hall–Kier alpha value is -1.56. The average molecular weight is 341 g/mol. The van der Waals surface area contributed by atoms with Gasteiger partial charge in [-0.2, -0.15) is 13.2 Å². The predicted molar refractivity (Wildman–Crippen MR) is 53.9 cm³/mol. The zero-order chi connectivity index (χ0) is 15.9. The Kier molecular flexibility index (Phi) is 4.20. The lowest BCUT2D eigenvalue weighted by Gasteiger charge is -2.11. The lowest BCUT2D eigenvalue weighted by atomic mass is 10.2. The number of aromatic nitrogens is 1. The highest BCUT2D eigenvalue weighted by atomic mass is 35.7. The van der Waals surface area contributed by atoms with Crippen LogP contribution in [0.15, 0.2) is 11.1 Å². The standard InChI is InChI=1S/C7H2ClF5N2O4S/c8-20(18,19)5-3(6(9)10)14-1-2(7(11,12)13)4(5)15(16)17/h1,6H. The van der Waals surface area contributed by atoms with Gasteiger partial charge in [-0.15, -0.1) is 0 Å². The summed E-state index contributed by atoms with van der Waals surface area (Å²) in [4.78, 5) is 9.51. The predicted octanol–water partition coefficient (Wildman–Crippen LogP) is 2.87. The Morgan fingerprint density at radius 1 is 1.35 bits per heavy atom. The number of pyridine rings is 1. The highest BCUT2D eigenvalue weighted by molar-refractivity contribution is 8.13. The minimum Gasteiger partial charge on any atom is -0.258 e. The Balaban J connectivity index is 3.96. The van der Waals surface area contributed by atoms with Crippen LogP contribution < -0.4 is 0 Å². The van der Waals surface area contributed by atoms with Gasteiger partial charge >= 0.3 is 11.9 Å². The van der Waals surface area contributed by atoms with E-state index in [1.807, 2.05) is 0 Å². The van der Waals surface area contributed by atoms with Crippen LogP contribution in [0.25, 0.3) is 0 Å². The number of rotatable bonds is 3. The van der Waals surface area contributed by atoms with Crippen molar-refractivity contribution in [3.63, 3.8) is 0 Å². The number of hydrogen-bond donors (Lipinski definition) is 0. The quantitative estimate of drug-likeness (QED) is 0.365. The third kappa shape index (κ3) is 3.12. The van der Waals surface area contributed by atoms with Crippen molar-refractivity contribution in [3.8, 4) is 0 Å². The summed E-state index contributed by atoms with van der Waals surface area (Å²) >= 11 is 0. The van der Waals surface area contributed by atoms with Gasteiger partial charge in [-0.1, -0.05) is 0 Å². The molecule has 0 aliphatic heterocycles. The summed E-state index contributed by atoms with van der Waals surface area (Å²) in [5, 5.41) is 10.6. The van der Waals surface area contributed by atoms with Gasteiger partial charge in [0.15, 0.2) is 10.5 Å². The third-order valence-corrected chi connectivity index (χ3v) is 3.33. The summed E-state index contributed by atoms with van der Waals surface area (Å²) in [5.74, 6) is 0. The second-order valence-electron chi connectivity index (χ2n) is 3.23. The van der Waals surface area contributed by atoms with Crippen LogP contribution in [0, 0.1) is 10.1 Å². The summed E-state index contributed by atoms with van der Waals surface area (Å²) in [6.45, 7) is 0. The molecule has 1 rings (SSSR count). The first-order valence-corrected chi connectivity index (χ1v) is 6.65. The molecule has 0 fully saturated rings. The highest BCUT2D eigenvalue weighted by Gasteiger charge is 2.45. The second kappa shape index (κ2) is 5.09. The van der Waals surface area contributed by atoms with Crippen molar-refractivity contribution < 1.29 is 35.3 Å². The second-order valence-corrected chi connectivity index (χ2v) is 5.73. The van der Waals surface area contributed by atoms with Gasteiger partial charge in [0.05, 0.1) is 4.92 Å². The zero-order valence-corrected chi connectivity index (χ0v) is 10.4. The minimum atomic E-state index is -5.37. The van der Waals surface area contributed by atoms with E-state index in [1.54, 1.807) is 0 Å². The van der Waals surface area contributed by atoms with E-state index in [-0.39, 0.29) is 6.20 Å². The van der Waals surface area contributed by atoms with E-state index >= 15 is 0 Å². The first-order chi connectivity index (χ1) is 8.87. The van der Waals surface area contributed by atoms with E-state index in [4.69, 9.17) is 10.7 Å². The van der Waals surface area contributed by atoms with Crippen LogP contribution in [0.3, 0.4) is 0 Å². The summed E-state index contributed by atoms with van der Waals surface area (Å²) < 4.78 is 84.9. The minimum absolute atomic E-state index is 0.245. The van der Waals surface area contributed by atoms with Crippen LogP contribution in [-0.4, -0.2) is 18.3 Å². The van der Waals surface area contributed by atoms with Gasteiger partial charge in [0.2, 0.25) is 0 Å². The summed E-state index contributed by atoms with van der Waals surface area (Å²) in [6, 6.07) is 0. The van der Waals surface area contributed by atoms with E-state index < -0.39 is 48.4 Å². The van der Waals surface area contributed by atoms with Crippen molar-refractivity contribution in [2.45, 2.75) is 17.5 Å². The van der Waals surface area contributed by atoms with Gasteiger partial charge in [-0.3, -0.25) is 15.1 Å².